The number of ether oxygens (including phenoxy) is 1. The minimum atomic E-state index is 0.102. The van der Waals surface area contributed by atoms with Crippen molar-refractivity contribution in [2.45, 2.75) is 19.9 Å². The number of amides is 1. The highest BCUT2D eigenvalue weighted by atomic mass is 32.1. The molecule has 1 amide bonds. The van der Waals surface area contributed by atoms with Crippen molar-refractivity contribution in [1.82, 2.24) is 9.88 Å². The van der Waals surface area contributed by atoms with Gasteiger partial charge in [0.05, 0.1) is 19.3 Å². The van der Waals surface area contributed by atoms with Crippen molar-refractivity contribution in [3.05, 3.63) is 70.2 Å². The second-order valence-electron chi connectivity index (χ2n) is 6.41. The van der Waals surface area contributed by atoms with E-state index in [4.69, 9.17) is 9.72 Å². The molecule has 0 saturated carbocycles. The smallest absolute Gasteiger partial charge is 0.254 e. The quantitative estimate of drug-likeness (QED) is 0.695. The fourth-order valence-corrected chi connectivity index (χ4v) is 4.35. The predicted molar refractivity (Wildman–Crippen MR) is 104 cm³/mol. The molecule has 1 aliphatic heterocycles. The van der Waals surface area contributed by atoms with E-state index in [1.54, 1.807) is 18.4 Å². The SMILES string of the molecule is COc1cccc(-c2nc3c(s2)CN(C(=O)c2ccccc2C)CC3)c1. The first-order valence-corrected chi connectivity index (χ1v) is 9.45. The molecule has 26 heavy (non-hydrogen) atoms. The zero-order chi connectivity index (χ0) is 18.1. The van der Waals surface area contributed by atoms with Gasteiger partial charge in [-0.05, 0) is 30.7 Å². The van der Waals surface area contributed by atoms with Crippen molar-refractivity contribution < 1.29 is 9.53 Å². The summed E-state index contributed by atoms with van der Waals surface area (Å²) in [6.07, 6.45) is 0.799. The van der Waals surface area contributed by atoms with Gasteiger partial charge in [-0.1, -0.05) is 30.3 Å². The lowest BCUT2D eigenvalue weighted by atomic mass is 10.1. The van der Waals surface area contributed by atoms with Crippen LogP contribution in [-0.4, -0.2) is 29.4 Å². The number of aromatic nitrogens is 1. The van der Waals surface area contributed by atoms with Gasteiger partial charge in [-0.2, -0.15) is 0 Å². The maximum Gasteiger partial charge on any atom is 0.254 e. The highest BCUT2D eigenvalue weighted by Crippen LogP contribution is 2.33. The lowest BCUT2D eigenvalue weighted by molar-refractivity contribution is 0.0735. The van der Waals surface area contributed by atoms with Crippen molar-refractivity contribution in [3.63, 3.8) is 0 Å². The van der Waals surface area contributed by atoms with Crippen LogP contribution >= 0.6 is 11.3 Å². The molecular formula is C21H20N2O2S. The molecule has 0 saturated heterocycles. The van der Waals surface area contributed by atoms with Crippen LogP contribution in [-0.2, 0) is 13.0 Å². The summed E-state index contributed by atoms with van der Waals surface area (Å²) in [5.41, 5.74) is 3.97. The van der Waals surface area contributed by atoms with Crippen molar-refractivity contribution >= 4 is 17.2 Å². The highest BCUT2D eigenvalue weighted by molar-refractivity contribution is 7.15. The largest absolute Gasteiger partial charge is 0.497 e. The average Bonchev–Trinajstić information content (AvgIpc) is 3.11. The number of carbonyl (C=O) groups is 1. The minimum Gasteiger partial charge on any atom is -0.497 e. The van der Waals surface area contributed by atoms with Crippen LogP contribution in [0.5, 0.6) is 5.75 Å². The van der Waals surface area contributed by atoms with Gasteiger partial charge in [-0.25, -0.2) is 4.98 Å². The summed E-state index contributed by atoms with van der Waals surface area (Å²) < 4.78 is 5.31. The molecule has 0 aliphatic carbocycles. The number of hydrogen-bond acceptors (Lipinski definition) is 4. The van der Waals surface area contributed by atoms with E-state index in [1.807, 2.05) is 60.4 Å². The van der Waals surface area contributed by atoms with E-state index in [0.717, 1.165) is 39.6 Å². The number of aryl methyl sites for hydroxylation is 1. The van der Waals surface area contributed by atoms with Gasteiger partial charge in [-0.3, -0.25) is 4.79 Å². The molecule has 4 nitrogen and oxygen atoms in total. The molecular weight excluding hydrogens is 344 g/mol. The Morgan fingerprint density at radius 3 is 2.85 bits per heavy atom. The topological polar surface area (TPSA) is 42.4 Å². The third-order valence-corrected chi connectivity index (χ3v) is 5.84. The van der Waals surface area contributed by atoms with Crippen molar-refractivity contribution in [2.24, 2.45) is 0 Å². The summed E-state index contributed by atoms with van der Waals surface area (Å²) in [7, 11) is 1.67. The van der Waals surface area contributed by atoms with Crippen LogP contribution in [0, 0.1) is 6.92 Å². The van der Waals surface area contributed by atoms with Crippen molar-refractivity contribution in [1.29, 1.82) is 0 Å². The molecule has 1 aromatic heterocycles. The van der Waals surface area contributed by atoms with Gasteiger partial charge < -0.3 is 9.64 Å². The number of benzene rings is 2. The summed E-state index contributed by atoms with van der Waals surface area (Å²) in [4.78, 5) is 20.8. The lowest BCUT2D eigenvalue weighted by Crippen LogP contribution is -2.35. The number of thiazole rings is 1. The Morgan fingerprint density at radius 1 is 1.19 bits per heavy atom. The zero-order valence-electron chi connectivity index (χ0n) is 14.9. The van der Waals surface area contributed by atoms with E-state index < -0.39 is 0 Å². The van der Waals surface area contributed by atoms with E-state index in [2.05, 4.69) is 0 Å². The monoisotopic (exact) mass is 364 g/mol. The Balaban J connectivity index is 1.59. The molecule has 0 unspecified atom stereocenters. The molecule has 132 valence electrons. The molecule has 4 rings (SSSR count). The molecule has 0 radical (unpaired) electrons. The van der Waals surface area contributed by atoms with E-state index in [-0.39, 0.29) is 5.91 Å². The molecule has 2 heterocycles. The second kappa shape index (κ2) is 6.92. The third-order valence-electron chi connectivity index (χ3n) is 4.71. The second-order valence-corrected chi connectivity index (χ2v) is 7.50. The summed E-state index contributed by atoms with van der Waals surface area (Å²) in [6.45, 7) is 3.32. The Morgan fingerprint density at radius 2 is 2.04 bits per heavy atom. The molecule has 1 aliphatic rings. The maximum absolute atomic E-state index is 12.9. The first kappa shape index (κ1) is 16.8. The Kier molecular flexibility index (Phi) is 4.47. The molecule has 0 fully saturated rings. The third kappa shape index (κ3) is 3.10. The summed E-state index contributed by atoms with van der Waals surface area (Å²) in [5, 5.41) is 0.985. The molecule has 2 aromatic carbocycles. The molecule has 0 atom stereocenters. The number of fused-ring (bicyclic) bond motifs is 1. The average molecular weight is 364 g/mol. The fourth-order valence-electron chi connectivity index (χ4n) is 3.23. The Bertz CT molecular complexity index is 964. The lowest BCUT2D eigenvalue weighted by Gasteiger charge is -2.26. The van der Waals surface area contributed by atoms with Crippen LogP contribution in [0.2, 0.25) is 0 Å². The number of methoxy groups -OCH3 is 1. The number of hydrogen-bond donors (Lipinski definition) is 0. The molecule has 0 N–H and O–H groups in total. The Hall–Kier alpha value is -2.66. The summed E-state index contributed by atoms with van der Waals surface area (Å²) in [6, 6.07) is 15.7. The minimum absolute atomic E-state index is 0.102. The summed E-state index contributed by atoms with van der Waals surface area (Å²) >= 11 is 1.67. The molecule has 0 bridgehead atoms. The van der Waals surface area contributed by atoms with Gasteiger partial charge in [0.1, 0.15) is 10.8 Å². The van der Waals surface area contributed by atoms with E-state index >= 15 is 0 Å². The van der Waals surface area contributed by atoms with Crippen LogP contribution in [0.25, 0.3) is 10.6 Å². The van der Waals surface area contributed by atoms with E-state index in [9.17, 15) is 4.79 Å². The molecule has 5 heteroatoms. The van der Waals surface area contributed by atoms with Gasteiger partial charge in [0, 0.05) is 29.0 Å². The van der Waals surface area contributed by atoms with Crippen LogP contribution in [0.3, 0.4) is 0 Å². The van der Waals surface area contributed by atoms with E-state index in [1.165, 1.54) is 4.88 Å². The maximum atomic E-state index is 12.9. The standard InChI is InChI=1S/C21H20N2O2S/c1-14-6-3-4-9-17(14)21(24)23-11-10-18-19(13-23)26-20(22-18)15-7-5-8-16(12-15)25-2/h3-9,12H,10-11,13H2,1-2H3. The van der Waals surface area contributed by atoms with Gasteiger partial charge in [0.15, 0.2) is 0 Å². The number of nitrogens with zero attached hydrogens (tertiary/aromatic N) is 2. The van der Waals surface area contributed by atoms with Crippen molar-refractivity contribution in [3.8, 4) is 16.3 Å². The van der Waals surface area contributed by atoms with Crippen LogP contribution in [0.15, 0.2) is 48.5 Å². The number of carbonyl (C=O) groups excluding carboxylic acids is 1. The van der Waals surface area contributed by atoms with E-state index in [0.29, 0.717) is 13.1 Å². The van der Waals surface area contributed by atoms with Gasteiger partial charge in [-0.15, -0.1) is 11.3 Å². The fraction of sp³-hybridized carbons (Fsp3) is 0.238. The summed E-state index contributed by atoms with van der Waals surface area (Å²) in [5.74, 6) is 0.928. The highest BCUT2D eigenvalue weighted by Gasteiger charge is 2.25. The van der Waals surface area contributed by atoms with Crippen LogP contribution in [0.1, 0.15) is 26.5 Å². The first-order chi connectivity index (χ1) is 12.7. The zero-order valence-corrected chi connectivity index (χ0v) is 15.7. The van der Waals surface area contributed by atoms with Crippen molar-refractivity contribution in [2.75, 3.05) is 13.7 Å². The normalized spacial score (nSPS) is 13.4. The van der Waals surface area contributed by atoms with Gasteiger partial charge in [0.25, 0.3) is 5.91 Å². The molecule has 0 spiro atoms. The Labute approximate surface area is 157 Å². The van der Waals surface area contributed by atoms with Gasteiger partial charge in [0.2, 0.25) is 0 Å². The first-order valence-electron chi connectivity index (χ1n) is 8.63. The van der Waals surface area contributed by atoms with Crippen LogP contribution < -0.4 is 4.74 Å². The predicted octanol–water partition coefficient (Wildman–Crippen LogP) is 4.33. The van der Waals surface area contributed by atoms with Gasteiger partial charge >= 0.3 is 0 Å². The molecule has 3 aromatic rings. The van der Waals surface area contributed by atoms with Crippen LogP contribution in [0.4, 0.5) is 0 Å². The number of rotatable bonds is 3.